The summed E-state index contributed by atoms with van der Waals surface area (Å²) in [7, 11) is -3.95. The molecule has 0 aliphatic rings. The molecule has 2 rings (SSSR count). The van der Waals surface area contributed by atoms with Crippen LogP contribution >= 0.6 is 11.6 Å². The molecule has 2 aromatic carbocycles. The molecule has 0 saturated carbocycles. The van der Waals surface area contributed by atoms with Crippen molar-refractivity contribution in [2.75, 3.05) is 4.72 Å². The number of para-hydroxylation sites is 1. The van der Waals surface area contributed by atoms with Crippen LogP contribution in [0.1, 0.15) is 11.1 Å². The van der Waals surface area contributed by atoms with Gasteiger partial charge in [0.05, 0.1) is 15.6 Å². The molecule has 3 N–H and O–H groups in total. The van der Waals surface area contributed by atoms with Crippen LogP contribution < -0.4 is 10.5 Å². The van der Waals surface area contributed by atoms with E-state index in [0.29, 0.717) is 5.56 Å². The van der Waals surface area contributed by atoms with Crippen molar-refractivity contribution in [1.29, 1.82) is 0 Å². The highest BCUT2D eigenvalue weighted by Gasteiger charge is 2.21. The quantitative estimate of drug-likeness (QED) is 0.906. The third-order valence-electron chi connectivity index (χ3n) is 3.00. The summed E-state index contributed by atoms with van der Waals surface area (Å²) in [6.07, 6.45) is 0. The van der Waals surface area contributed by atoms with Crippen LogP contribution in [0.25, 0.3) is 0 Å². The molecule has 0 atom stereocenters. The molecule has 0 radical (unpaired) electrons. The predicted octanol–water partition coefficient (Wildman–Crippen LogP) is 3.05. The second-order valence-electron chi connectivity index (χ2n) is 4.49. The third kappa shape index (κ3) is 3.34. The van der Waals surface area contributed by atoms with E-state index in [0.717, 1.165) is 0 Å². The highest BCUT2D eigenvalue weighted by Crippen LogP contribution is 2.26. The van der Waals surface area contributed by atoms with Crippen LogP contribution in [0.2, 0.25) is 5.02 Å². The van der Waals surface area contributed by atoms with E-state index in [-0.39, 0.29) is 27.7 Å². The van der Waals surface area contributed by atoms with Crippen LogP contribution in [0.5, 0.6) is 0 Å². The lowest BCUT2D eigenvalue weighted by Gasteiger charge is -2.13. The summed E-state index contributed by atoms with van der Waals surface area (Å²) in [5.41, 5.74) is 6.12. The number of rotatable bonds is 4. The molecule has 0 spiro atoms. The molecular formula is C14H14ClFN2O2S. The molecule has 112 valence electrons. The lowest BCUT2D eigenvalue weighted by Crippen LogP contribution is -2.16. The molecule has 0 heterocycles. The van der Waals surface area contributed by atoms with Crippen LogP contribution in [0.15, 0.2) is 41.3 Å². The third-order valence-corrected chi connectivity index (χ3v) is 4.82. The minimum Gasteiger partial charge on any atom is -0.326 e. The summed E-state index contributed by atoms with van der Waals surface area (Å²) in [6, 6.07) is 9.00. The number of nitrogens with two attached hydrogens (primary N) is 1. The average molecular weight is 329 g/mol. The Balaban J connectivity index is 2.50. The van der Waals surface area contributed by atoms with Crippen molar-refractivity contribution in [2.45, 2.75) is 18.4 Å². The predicted molar refractivity (Wildman–Crippen MR) is 81.3 cm³/mol. The van der Waals surface area contributed by atoms with Gasteiger partial charge in [-0.05, 0) is 36.8 Å². The summed E-state index contributed by atoms with van der Waals surface area (Å²) >= 11 is 5.93. The number of benzene rings is 2. The zero-order chi connectivity index (χ0) is 15.6. The van der Waals surface area contributed by atoms with Crippen molar-refractivity contribution >= 4 is 27.3 Å². The molecule has 0 aromatic heterocycles. The highest BCUT2D eigenvalue weighted by molar-refractivity contribution is 7.92. The van der Waals surface area contributed by atoms with Gasteiger partial charge in [-0.25, -0.2) is 12.8 Å². The molecule has 0 aliphatic carbocycles. The molecular weight excluding hydrogens is 315 g/mol. The normalized spacial score (nSPS) is 11.4. The monoisotopic (exact) mass is 328 g/mol. The lowest BCUT2D eigenvalue weighted by atomic mass is 10.1. The molecule has 0 saturated heterocycles. The van der Waals surface area contributed by atoms with E-state index >= 15 is 0 Å². The van der Waals surface area contributed by atoms with Crippen LogP contribution in [0.4, 0.5) is 10.1 Å². The van der Waals surface area contributed by atoms with Gasteiger partial charge < -0.3 is 5.73 Å². The van der Waals surface area contributed by atoms with Gasteiger partial charge in [0.25, 0.3) is 10.0 Å². The van der Waals surface area contributed by atoms with Gasteiger partial charge in [-0.2, -0.15) is 0 Å². The molecule has 21 heavy (non-hydrogen) atoms. The smallest absolute Gasteiger partial charge is 0.262 e. The maximum absolute atomic E-state index is 13.8. The Morgan fingerprint density at radius 3 is 2.57 bits per heavy atom. The Hall–Kier alpha value is -1.63. The lowest BCUT2D eigenvalue weighted by molar-refractivity contribution is 0.589. The fraction of sp³-hybridized carbons (Fsp3) is 0.143. The van der Waals surface area contributed by atoms with Crippen molar-refractivity contribution in [1.82, 2.24) is 0 Å². The Bertz CT molecular complexity index is 779. The van der Waals surface area contributed by atoms with Crippen molar-refractivity contribution < 1.29 is 12.8 Å². The Morgan fingerprint density at radius 2 is 1.95 bits per heavy atom. The van der Waals surface area contributed by atoms with E-state index in [1.54, 1.807) is 18.2 Å². The van der Waals surface area contributed by atoms with Crippen molar-refractivity contribution in [3.05, 3.63) is 58.4 Å². The minimum absolute atomic E-state index is 0.0340. The largest absolute Gasteiger partial charge is 0.326 e. The topological polar surface area (TPSA) is 72.2 Å². The average Bonchev–Trinajstić information content (AvgIpc) is 2.43. The second-order valence-corrected chi connectivity index (χ2v) is 6.55. The molecule has 0 aliphatic heterocycles. The van der Waals surface area contributed by atoms with Gasteiger partial charge in [0, 0.05) is 12.1 Å². The van der Waals surface area contributed by atoms with Crippen LogP contribution in [-0.4, -0.2) is 8.42 Å². The van der Waals surface area contributed by atoms with Gasteiger partial charge in [0.1, 0.15) is 5.82 Å². The maximum Gasteiger partial charge on any atom is 0.262 e. The Kier molecular flexibility index (Phi) is 4.51. The fourth-order valence-electron chi connectivity index (χ4n) is 1.85. The molecule has 7 heteroatoms. The van der Waals surface area contributed by atoms with E-state index in [1.807, 2.05) is 0 Å². The van der Waals surface area contributed by atoms with Gasteiger partial charge in [0.2, 0.25) is 0 Å². The fourth-order valence-corrected chi connectivity index (χ4v) is 3.47. The van der Waals surface area contributed by atoms with E-state index in [1.165, 1.54) is 25.1 Å². The Labute approximate surface area is 127 Å². The summed E-state index contributed by atoms with van der Waals surface area (Å²) in [5, 5.41) is 0.258. The van der Waals surface area contributed by atoms with Gasteiger partial charge in [-0.1, -0.05) is 23.7 Å². The zero-order valence-electron chi connectivity index (χ0n) is 11.2. The van der Waals surface area contributed by atoms with Crippen molar-refractivity contribution in [2.24, 2.45) is 5.73 Å². The molecule has 0 amide bonds. The summed E-state index contributed by atoms with van der Waals surface area (Å²) in [5.74, 6) is -0.613. The molecule has 0 fully saturated rings. The first-order chi connectivity index (χ1) is 9.85. The highest BCUT2D eigenvalue weighted by atomic mass is 35.5. The maximum atomic E-state index is 13.8. The molecule has 4 nitrogen and oxygen atoms in total. The molecule has 2 aromatic rings. The zero-order valence-corrected chi connectivity index (χ0v) is 12.8. The minimum atomic E-state index is -3.95. The van der Waals surface area contributed by atoms with Crippen molar-refractivity contribution in [3.63, 3.8) is 0 Å². The number of nitrogens with one attached hydrogen (secondary N) is 1. The van der Waals surface area contributed by atoms with Crippen LogP contribution in [-0.2, 0) is 16.6 Å². The van der Waals surface area contributed by atoms with E-state index in [2.05, 4.69) is 4.72 Å². The first-order valence-corrected chi connectivity index (χ1v) is 7.97. The van der Waals surface area contributed by atoms with Gasteiger partial charge in [-0.3, -0.25) is 4.72 Å². The van der Waals surface area contributed by atoms with E-state index in [4.69, 9.17) is 17.3 Å². The number of hydrogen-bond acceptors (Lipinski definition) is 3. The standard InChI is InChI=1S/C14H14ClFN2O2S/c1-9-12(16)6-10(8-17)7-14(9)21(19,20)18-13-5-3-2-4-11(13)15/h2-7,18H,8,17H2,1H3. The first kappa shape index (κ1) is 15.8. The first-order valence-electron chi connectivity index (χ1n) is 6.11. The number of sulfonamides is 1. The van der Waals surface area contributed by atoms with Crippen molar-refractivity contribution in [3.8, 4) is 0 Å². The Morgan fingerprint density at radius 1 is 1.29 bits per heavy atom. The van der Waals surface area contributed by atoms with Gasteiger partial charge >= 0.3 is 0 Å². The SMILES string of the molecule is Cc1c(F)cc(CN)cc1S(=O)(=O)Nc1ccccc1Cl. The van der Waals surface area contributed by atoms with Gasteiger partial charge in [0.15, 0.2) is 0 Å². The summed E-state index contributed by atoms with van der Waals surface area (Å²) in [4.78, 5) is -0.150. The molecule has 0 unspecified atom stereocenters. The van der Waals surface area contributed by atoms with Crippen LogP contribution in [0, 0.1) is 12.7 Å². The number of anilines is 1. The summed E-state index contributed by atoms with van der Waals surface area (Å²) < 4.78 is 41.0. The second kappa shape index (κ2) is 6.01. The van der Waals surface area contributed by atoms with Gasteiger partial charge in [-0.15, -0.1) is 0 Å². The van der Waals surface area contributed by atoms with Crippen LogP contribution in [0.3, 0.4) is 0 Å². The number of halogens is 2. The van der Waals surface area contributed by atoms with E-state index < -0.39 is 15.8 Å². The molecule has 0 bridgehead atoms. The van der Waals surface area contributed by atoms with E-state index in [9.17, 15) is 12.8 Å². The number of hydrogen-bond donors (Lipinski definition) is 2. The summed E-state index contributed by atoms with van der Waals surface area (Å²) in [6.45, 7) is 1.45.